The molecule has 0 aliphatic rings. The number of rotatable bonds is 9. The molecule has 1 aromatic heterocycles. The molecule has 2 atom stereocenters. The highest BCUT2D eigenvalue weighted by Crippen LogP contribution is 2.43. The van der Waals surface area contributed by atoms with Crippen LogP contribution in [0, 0.1) is 0 Å². The molecule has 1 aromatic rings. The van der Waals surface area contributed by atoms with Crippen LogP contribution in [0.1, 0.15) is 69.6 Å². The molecule has 23 heavy (non-hydrogen) atoms. The predicted molar refractivity (Wildman–Crippen MR) is 101 cm³/mol. The zero-order valence-corrected chi connectivity index (χ0v) is 17.0. The van der Waals surface area contributed by atoms with E-state index in [1.54, 1.807) is 0 Å². The van der Waals surface area contributed by atoms with E-state index in [4.69, 9.17) is 5.80 Å². The van der Waals surface area contributed by atoms with E-state index in [0.717, 1.165) is 0 Å². The molecule has 1 N–H and O–H groups in total. The molecule has 0 bridgehead atoms. The summed E-state index contributed by atoms with van der Waals surface area (Å²) in [6, 6.07) is 3.83. The minimum absolute atomic E-state index is 0.0391. The lowest BCUT2D eigenvalue weighted by Crippen LogP contribution is -2.51. The molecule has 0 aromatic carbocycles. The fraction of sp³-hybridized carbons (Fsp3) is 0.789. The second-order valence-electron chi connectivity index (χ2n) is 7.77. The predicted octanol–water partition coefficient (Wildman–Crippen LogP) is 5.51. The quantitative estimate of drug-likeness (QED) is 0.601. The fourth-order valence-electron chi connectivity index (χ4n) is 4.21. The van der Waals surface area contributed by atoms with Crippen LogP contribution in [0.2, 0.25) is 16.6 Å². The average molecular weight is 341 g/mol. The Morgan fingerprint density at radius 2 is 1.52 bits per heavy atom. The van der Waals surface area contributed by atoms with Gasteiger partial charge in [0, 0.05) is 26.3 Å². The lowest BCUT2D eigenvalue weighted by molar-refractivity contribution is -0.0732. The summed E-state index contributed by atoms with van der Waals surface area (Å²) in [7, 11) is -1.97. The van der Waals surface area contributed by atoms with Gasteiger partial charge in [-0.05, 0) is 42.1 Å². The van der Waals surface area contributed by atoms with Gasteiger partial charge in [-0.15, -0.1) is 0 Å². The molecule has 0 saturated carbocycles. The second kappa shape index (κ2) is 7.99. The SMILES string of the molecule is [2H]CCC(O)(CC(C)O[Si](C(C)C)(C(C)C)C(C)C)n1cccc1. The van der Waals surface area contributed by atoms with Crippen molar-refractivity contribution in [3.8, 4) is 0 Å². The van der Waals surface area contributed by atoms with E-state index in [0.29, 0.717) is 29.5 Å². The maximum Gasteiger partial charge on any atom is 0.200 e. The van der Waals surface area contributed by atoms with E-state index < -0.39 is 14.0 Å². The van der Waals surface area contributed by atoms with Crippen molar-refractivity contribution < 1.29 is 10.9 Å². The first-order valence-electron chi connectivity index (χ1n) is 9.63. The lowest BCUT2D eigenvalue weighted by atomic mass is 10.0. The van der Waals surface area contributed by atoms with Gasteiger partial charge < -0.3 is 14.1 Å². The van der Waals surface area contributed by atoms with E-state index in [9.17, 15) is 5.11 Å². The van der Waals surface area contributed by atoms with Gasteiger partial charge in [-0.1, -0.05) is 48.4 Å². The van der Waals surface area contributed by atoms with Crippen molar-refractivity contribution >= 4 is 8.32 Å². The van der Waals surface area contributed by atoms with Gasteiger partial charge in [0.15, 0.2) is 0 Å². The summed E-state index contributed by atoms with van der Waals surface area (Å²) >= 11 is 0. The number of hydrogen-bond acceptors (Lipinski definition) is 2. The Bertz CT molecular complexity index is 454. The molecule has 0 aliphatic heterocycles. The van der Waals surface area contributed by atoms with Crippen LogP contribution < -0.4 is 0 Å². The Hall–Kier alpha value is -0.583. The molecule has 0 amide bonds. The van der Waals surface area contributed by atoms with Crippen LogP contribution in [0.4, 0.5) is 0 Å². The van der Waals surface area contributed by atoms with Crippen molar-refractivity contribution in [2.24, 2.45) is 0 Å². The third kappa shape index (κ3) is 4.28. The van der Waals surface area contributed by atoms with E-state index >= 15 is 0 Å². The number of hydrogen-bond donors (Lipinski definition) is 1. The molecule has 1 heterocycles. The first-order valence-corrected chi connectivity index (χ1v) is 11.1. The highest BCUT2D eigenvalue weighted by molar-refractivity contribution is 6.77. The number of aliphatic hydroxyl groups is 1. The van der Waals surface area contributed by atoms with Gasteiger partial charge in [0.1, 0.15) is 5.72 Å². The van der Waals surface area contributed by atoms with E-state index in [1.165, 1.54) is 0 Å². The smallest absolute Gasteiger partial charge is 0.200 e. The molecule has 0 fully saturated rings. The molecule has 0 spiro atoms. The van der Waals surface area contributed by atoms with Crippen molar-refractivity contribution in [1.82, 2.24) is 4.57 Å². The van der Waals surface area contributed by atoms with Gasteiger partial charge in [-0.2, -0.15) is 0 Å². The lowest BCUT2D eigenvalue weighted by Gasteiger charge is -2.45. The Kier molecular flexibility index (Phi) is 6.52. The minimum atomic E-state index is -1.97. The van der Waals surface area contributed by atoms with Gasteiger partial charge in [0.05, 0.1) is 0 Å². The Morgan fingerprint density at radius 3 is 1.91 bits per heavy atom. The third-order valence-electron chi connectivity index (χ3n) is 5.21. The van der Waals surface area contributed by atoms with E-state index in [1.807, 2.05) is 29.1 Å². The Balaban J connectivity index is 3.01. The van der Waals surface area contributed by atoms with Crippen LogP contribution in [0.25, 0.3) is 0 Å². The molecule has 0 saturated heterocycles. The first kappa shape index (κ1) is 18.8. The van der Waals surface area contributed by atoms with Crippen LogP contribution in [0.5, 0.6) is 0 Å². The normalized spacial score (nSPS) is 17.6. The summed E-state index contributed by atoms with van der Waals surface area (Å²) in [5.74, 6) is 0. The summed E-state index contributed by atoms with van der Waals surface area (Å²) in [5, 5.41) is 11.1. The first-order chi connectivity index (χ1) is 11.1. The zero-order chi connectivity index (χ0) is 18.5. The molecule has 4 heteroatoms. The molecule has 134 valence electrons. The molecule has 2 unspecified atom stereocenters. The van der Waals surface area contributed by atoms with E-state index in [2.05, 4.69) is 48.5 Å². The molecular weight excluding hydrogens is 302 g/mol. The number of nitrogens with zero attached hydrogens (tertiary/aromatic N) is 1. The minimum Gasteiger partial charge on any atom is -0.413 e. The average Bonchev–Trinajstić information content (AvgIpc) is 2.98. The summed E-state index contributed by atoms with van der Waals surface area (Å²) < 4.78 is 16.2. The monoisotopic (exact) mass is 340 g/mol. The van der Waals surface area contributed by atoms with Gasteiger partial charge >= 0.3 is 0 Å². The van der Waals surface area contributed by atoms with Crippen molar-refractivity contribution in [3.05, 3.63) is 24.5 Å². The second-order valence-corrected chi connectivity index (χ2v) is 13.2. The van der Waals surface area contributed by atoms with Crippen molar-refractivity contribution in [2.45, 2.75) is 96.7 Å². The van der Waals surface area contributed by atoms with Crippen LogP contribution >= 0.6 is 0 Å². The van der Waals surface area contributed by atoms with Gasteiger partial charge in [0.2, 0.25) is 8.32 Å². The molecule has 3 nitrogen and oxygen atoms in total. The number of aromatic nitrogens is 1. The van der Waals surface area contributed by atoms with Gasteiger partial charge in [-0.3, -0.25) is 0 Å². The summed E-state index contributed by atoms with van der Waals surface area (Å²) in [4.78, 5) is 0. The van der Waals surface area contributed by atoms with Gasteiger partial charge in [-0.25, -0.2) is 0 Å². The summed E-state index contributed by atoms with van der Waals surface area (Å²) in [6.07, 6.45) is 4.64. The standard InChI is InChI=1S/C19H37NO2Si/c1-9-19(21,20-12-10-11-13-20)14-18(8)22-23(15(2)3,16(4)5)17(6)7/h10-13,15-18,21H,9,14H2,1-8H3/i1D. The Morgan fingerprint density at radius 1 is 1.04 bits per heavy atom. The maximum absolute atomic E-state index is 11.1. The van der Waals surface area contributed by atoms with Gasteiger partial charge in [0.25, 0.3) is 0 Å². The zero-order valence-electron chi connectivity index (χ0n) is 17.0. The van der Waals surface area contributed by atoms with Crippen LogP contribution in [-0.4, -0.2) is 24.1 Å². The molecule has 0 radical (unpaired) electrons. The summed E-state index contributed by atoms with van der Waals surface area (Å²) in [5.41, 5.74) is 0.526. The molecule has 0 aliphatic carbocycles. The summed E-state index contributed by atoms with van der Waals surface area (Å²) in [6.45, 7) is 15.9. The molecule has 1 rings (SSSR count). The highest BCUT2D eigenvalue weighted by Gasteiger charge is 2.46. The third-order valence-corrected chi connectivity index (χ3v) is 11.4. The van der Waals surface area contributed by atoms with Crippen LogP contribution in [-0.2, 0) is 10.2 Å². The topological polar surface area (TPSA) is 34.4 Å². The fourth-order valence-corrected chi connectivity index (χ4v) is 9.80. The van der Waals surface area contributed by atoms with E-state index in [-0.39, 0.29) is 13.0 Å². The van der Waals surface area contributed by atoms with Crippen molar-refractivity contribution in [1.29, 1.82) is 0 Å². The van der Waals surface area contributed by atoms with Crippen molar-refractivity contribution in [3.63, 3.8) is 0 Å². The van der Waals surface area contributed by atoms with Crippen LogP contribution in [0.3, 0.4) is 0 Å². The largest absolute Gasteiger partial charge is 0.413 e. The molecular formula is C19H37NO2Si. The van der Waals surface area contributed by atoms with Crippen molar-refractivity contribution in [2.75, 3.05) is 0 Å². The Labute approximate surface area is 145 Å². The highest BCUT2D eigenvalue weighted by atomic mass is 28.4. The maximum atomic E-state index is 11.1. The van der Waals surface area contributed by atoms with Crippen LogP contribution in [0.15, 0.2) is 24.5 Å².